The van der Waals surface area contributed by atoms with Gasteiger partial charge in [0.25, 0.3) is 0 Å². The molecule has 1 aliphatic carbocycles. The Morgan fingerprint density at radius 2 is 1.90 bits per heavy atom. The standard InChI is InChI=1S/C23H34N6O2/c1-5-24-22(26-17-23(13-6-7-14-23)21(30)28(2)3)25-16-18-12-15-29(27-18)19-8-10-20(31-4)11-9-19/h8-12,15H,5-7,13-14,16-17H2,1-4H3,(H2,24,25,26). The molecule has 1 amide bonds. The topological polar surface area (TPSA) is 83.8 Å². The number of carbonyl (C=O) groups is 1. The average molecular weight is 427 g/mol. The van der Waals surface area contributed by atoms with Crippen molar-refractivity contribution in [3.8, 4) is 11.4 Å². The molecule has 31 heavy (non-hydrogen) atoms. The molecule has 0 unspecified atom stereocenters. The van der Waals surface area contributed by atoms with E-state index in [1.807, 2.05) is 62.2 Å². The molecule has 1 saturated carbocycles. The maximum atomic E-state index is 12.8. The molecule has 0 aliphatic heterocycles. The van der Waals surface area contributed by atoms with Gasteiger partial charge in [-0.2, -0.15) is 5.10 Å². The molecule has 8 nitrogen and oxygen atoms in total. The number of nitrogens with zero attached hydrogens (tertiary/aromatic N) is 4. The number of rotatable bonds is 8. The lowest BCUT2D eigenvalue weighted by Crippen LogP contribution is -2.49. The van der Waals surface area contributed by atoms with Crippen molar-refractivity contribution in [3.05, 3.63) is 42.2 Å². The quantitative estimate of drug-likeness (QED) is 0.501. The van der Waals surface area contributed by atoms with Gasteiger partial charge in [0.05, 0.1) is 30.5 Å². The zero-order valence-electron chi connectivity index (χ0n) is 19.0. The van der Waals surface area contributed by atoms with Crippen LogP contribution in [0.2, 0.25) is 0 Å². The minimum Gasteiger partial charge on any atom is -0.497 e. The highest BCUT2D eigenvalue weighted by molar-refractivity contribution is 5.85. The first kappa shape index (κ1) is 22.7. The normalized spacial score (nSPS) is 15.5. The zero-order chi connectivity index (χ0) is 22.3. The van der Waals surface area contributed by atoms with E-state index < -0.39 is 0 Å². The maximum absolute atomic E-state index is 12.8. The summed E-state index contributed by atoms with van der Waals surface area (Å²) >= 11 is 0. The highest BCUT2D eigenvalue weighted by Crippen LogP contribution is 2.38. The Kier molecular flexibility index (Phi) is 7.55. The summed E-state index contributed by atoms with van der Waals surface area (Å²) in [4.78, 5) is 19.2. The van der Waals surface area contributed by atoms with Crippen LogP contribution in [0, 0.1) is 5.41 Å². The van der Waals surface area contributed by atoms with Gasteiger partial charge >= 0.3 is 0 Å². The predicted molar refractivity (Wildman–Crippen MR) is 123 cm³/mol. The van der Waals surface area contributed by atoms with Crippen LogP contribution in [0.5, 0.6) is 5.75 Å². The van der Waals surface area contributed by atoms with Crippen LogP contribution in [0.25, 0.3) is 5.69 Å². The van der Waals surface area contributed by atoms with E-state index in [-0.39, 0.29) is 11.3 Å². The third-order valence-corrected chi connectivity index (χ3v) is 5.74. The number of aliphatic imine (C=N–C) groups is 1. The van der Waals surface area contributed by atoms with E-state index in [1.54, 1.807) is 12.0 Å². The first-order chi connectivity index (χ1) is 15.0. The van der Waals surface area contributed by atoms with Gasteiger partial charge in [0.15, 0.2) is 5.96 Å². The van der Waals surface area contributed by atoms with Crippen LogP contribution in [0.4, 0.5) is 0 Å². The van der Waals surface area contributed by atoms with E-state index in [0.29, 0.717) is 19.0 Å². The summed E-state index contributed by atoms with van der Waals surface area (Å²) in [6.07, 6.45) is 5.96. The lowest BCUT2D eigenvalue weighted by atomic mass is 9.84. The molecule has 0 saturated heterocycles. The number of carbonyl (C=O) groups excluding carboxylic acids is 1. The molecule has 2 aromatic rings. The number of nitrogens with one attached hydrogen (secondary N) is 2. The molecule has 0 spiro atoms. The first-order valence-corrected chi connectivity index (χ1v) is 10.9. The molecular weight excluding hydrogens is 392 g/mol. The molecule has 1 aromatic carbocycles. The maximum Gasteiger partial charge on any atom is 0.230 e. The fraction of sp³-hybridized carbons (Fsp3) is 0.522. The predicted octanol–water partition coefficient (Wildman–Crippen LogP) is 2.58. The van der Waals surface area contributed by atoms with Gasteiger partial charge < -0.3 is 20.3 Å². The molecule has 0 atom stereocenters. The van der Waals surface area contributed by atoms with Crippen molar-refractivity contribution in [3.63, 3.8) is 0 Å². The molecular formula is C23H34N6O2. The fourth-order valence-electron chi connectivity index (χ4n) is 4.07. The molecule has 3 rings (SSSR count). The van der Waals surface area contributed by atoms with Gasteiger partial charge in [-0.05, 0) is 50.1 Å². The highest BCUT2D eigenvalue weighted by atomic mass is 16.5. The summed E-state index contributed by atoms with van der Waals surface area (Å²) in [6.45, 7) is 3.83. The summed E-state index contributed by atoms with van der Waals surface area (Å²) in [5, 5.41) is 11.3. The average Bonchev–Trinajstić information content (AvgIpc) is 3.46. The molecule has 0 bridgehead atoms. The number of methoxy groups -OCH3 is 1. The van der Waals surface area contributed by atoms with Gasteiger partial charge in [-0.15, -0.1) is 0 Å². The zero-order valence-corrected chi connectivity index (χ0v) is 19.0. The van der Waals surface area contributed by atoms with Gasteiger partial charge in [-0.3, -0.25) is 4.79 Å². The van der Waals surface area contributed by atoms with Crippen LogP contribution in [0.15, 0.2) is 41.5 Å². The molecule has 1 heterocycles. The summed E-state index contributed by atoms with van der Waals surface area (Å²) < 4.78 is 7.04. The monoisotopic (exact) mass is 426 g/mol. The Morgan fingerprint density at radius 3 is 2.52 bits per heavy atom. The van der Waals surface area contributed by atoms with Crippen molar-refractivity contribution in [1.29, 1.82) is 0 Å². The Labute approximate surface area is 184 Å². The Bertz CT molecular complexity index is 882. The highest BCUT2D eigenvalue weighted by Gasteiger charge is 2.42. The molecule has 0 radical (unpaired) electrons. The van der Waals surface area contributed by atoms with Gasteiger partial charge in [0, 0.05) is 33.4 Å². The summed E-state index contributed by atoms with van der Waals surface area (Å²) in [6, 6.07) is 9.72. The van der Waals surface area contributed by atoms with E-state index in [2.05, 4.69) is 20.7 Å². The van der Waals surface area contributed by atoms with E-state index >= 15 is 0 Å². The number of hydrogen-bond donors (Lipinski definition) is 2. The van der Waals surface area contributed by atoms with Gasteiger partial charge in [-0.1, -0.05) is 12.8 Å². The van der Waals surface area contributed by atoms with Crippen LogP contribution in [-0.4, -0.2) is 60.8 Å². The SMILES string of the molecule is CCNC(=NCc1ccn(-c2ccc(OC)cc2)n1)NCC1(C(=O)N(C)C)CCCC1. The van der Waals surface area contributed by atoms with Crippen molar-refractivity contribution in [1.82, 2.24) is 25.3 Å². The fourth-order valence-corrected chi connectivity index (χ4v) is 4.07. The molecule has 1 fully saturated rings. The van der Waals surface area contributed by atoms with Crippen LogP contribution in [0.3, 0.4) is 0 Å². The second kappa shape index (κ2) is 10.3. The number of benzene rings is 1. The smallest absolute Gasteiger partial charge is 0.230 e. The van der Waals surface area contributed by atoms with Crippen molar-refractivity contribution in [2.75, 3.05) is 34.3 Å². The van der Waals surface area contributed by atoms with E-state index in [0.717, 1.165) is 49.4 Å². The Morgan fingerprint density at radius 1 is 1.19 bits per heavy atom. The van der Waals surface area contributed by atoms with E-state index in [1.165, 1.54) is 0 Å². The number of amides is 1. The lowest BCUT2D eigenvalue weighted by molar-refractivity contribution is -0.138. The van der Waals surface area contributed by atoms with Crippen LogP contribution < -0.4 is 15.4 Å². The summed E-state index contributed by atoms with van der Waals surface area (Å²) in [5.41, 5.74) is 1.50. The largest absolute Gasteiger partial charge is 0.497 e. The second-order valence-corrected chi connectivity index (χ2v) is 8.19. The third kappa shape index (κ3) is 5.57. The Hall–Kier alpha value is -3.03. The number of hydrogen-bond acceptors (Lipinski definition) is 4. The van der Waals surface area contributed by atoms with Gasteiger partial charge in [0.2, 0.25) is 5.91 Å². The molecule has 2 N–H and O–H groups in total. The minimum absolute atomic E-state index is 0.201. The number of aromatic nitrogens is 2. The van der Waals surface area contributed by atoms with E-state index in [9.17, 15) is 4.79 Å². The van der Waals surface area contributed by atoms with Crippen LogP contribution in [-0.2, 0) is 11.3 Å². The number of ether oxygens (including phenoxy) is 1. The summed E-state index contributed by atoms with van der Waals surface area (Å²) in [5.74, 6) is 1.72. The van der Waals surface area contributed by atoms with Gasteiger partial charge in [0.1, 0.15) is 5.75 Å². The third-order valence-electron chi connectivity index (χ3n) is 5.74. The lowest BCUT2D eigenvalue weighted by Gasteiger charge is -2.31. The molecule has 1 aromatic heterocycles. The van der Waals surface area contributed by atoms with Crippen molar-refractivity contribution >= 4 is 11.9 Å². The summed E-state index contributed by atoms with van der Waals surface area (Å²) in [7, 11) is 5.32. The van der Waals surface area contributed by atoms with Crippen LogP contribution >= 0.6 is 0 Å². The molecule has 168 valence electrons. The van der Waals surface area contributed by atoms with Crippen molar-refractivity contribution < 1.29 is 9.53 Å². The van der Waals surface area contributed by atoms with Crippen molar-refractivity contribution in [2.24, 2.45) is 10.4 Å². The van der Waals surface area contributed by atoms with Crippen molar-refractivity contribution in [2.45, 2.75) is 39.2 Å². The molecule has 8 heteroatoms. The van der Waals surface area contributed by atoms with E-state index in [4.69, 9.17) is 4.74 Å². The van der Waals surface area contributed by atoms with Gasteiger partial charge in [-0.25, -0.2) is 9.67 Å². The Balaban J connectivity index is 1.65. The minimum atomic E-state index is -0.338. The molecule has 1 aliphatic rings. The number of guanidine groups is 1. The first-order valence-electron chi connectivity index (χ1n) is 10.9. The second-order valence-electron chi connectivity index (χ2n) is 8.19. The van der Waals surface area contributed by atoms with Crippen LogP contribution in [0.1, 0.15) is 38.3 Å².